The standard InChI is InChI=1S/C19H22N2O4/c1-2-3-4-15-14(12-5-7-13(22)8-6-12)9-10-16(19(15)25)21-18(24)11-17(20)23/h5-10,22,25H,2-4,11H2,1H3,(H2,20,23)(H,21,24). The van der Waals surface area contributed by atoms with Gasteiger partial charge in [0.05, 0.1) is 5.69 Å². The number of anilines is 1. The number of phenols is 2. The summed E-state index contributed by atoms with van der Waals surface area (Å²) in [5, 5.41) is 22.6. The lowest BCUT2D eigenvalue weighted by Gasteiger charge is -2.16. The topological polar surface area (TPSA) is 113 Å². The molecule has 0 spiro atoms. The number of rotatable bonds is 7. The van der Waals surface area contributed by atoms with Crippen LogP contribution in [0.5, 0.6) is 11.5 Å². The molecule has 0 bridgehead atoms. The van der Waals surface area contributed by atoms with E-state index in [9.17, 15) is 19.8 Å². The summed E-state index contributed by atoms with van der Waals surface area (Å²) in [6.07, 6.45) is 2.02. The van der Waals surface area contributed by atoms with Crippen LogP contribution in [0.4, 0.5) is 5.69 Å². The zero-order valence-electron chi connectivity index (χ0n) is 14.1. The Bertz CT molecular complexity index is 770. The molecule has 0 saturated carbocycles. The van der Waals surface area contributed by atoms with Crippen LogP contribution >= 0.6 is 0 Å². The lowest BCUT2D eigenvalue weighted by molar-refractivity contribution is -0.124. The predicted octanol–water partition coefficient (Wildman–Crippen LogP) is 2.92. The molecular weight excluding hydrogens is 320 g/mol. The number of benzene rings is 2. The van der Waals surface area contributed by atoms with Gasteiger partial charge in [0.15, 0.2) is 0 Å². The van der Waals surface area contributed by atoms with E-state index in [1.165, 1.54) is 0 Å². The van der Waals surface area contributed by atoms with Crippen LogP contribution < -0.4 is 11.1 Å². The van der Waals surface area contributed by atoms with Gasteiger partial charge in [-0.1, -0.05) is 31.5 Å². The third-order valence-electron chi connectivity index (χ3n) is 3.85. The molecule has 0 aliphatic heterocycles. The lowest BCUT2D eigenvalue weighted by atomic mass is 9.94. The van der Waals surface area contributed by atoms with Crippen LogP contribution in [0.15, 0.2) is 36.4 Å². The van der Waals surface area contributed by atoms with E-state index in [1.54, 1.807) is 36.4 Å². The van der Waals surface area contributed by atoms with Crippen molar-refractivity contribution in [3.63, 3.8) is 0 Å². The van der Waals surface area contributed by atoms with Gasteiger partial charge in [0.25, 0.3) is 0 Å². The van der Waals surface area contributed by atoms with Gasteiger partial charge in [-0.3, -0.25) is 9.59 Å². The Kier molecular flexibility index (Phi) is 6.00. The first-order chi connectivity index (χ1) is 11.9. The number of unbranched alkanes of at least 4 members (excludes halogenated alkanes) is 1. The lowest BCUT2D eigenvalue weighted by Crippen LogP contribution is -2.21. The molecule has 2 rings (SSSR count). The molecule has 25 heavy (non-hydrogen) atoms. The first-order valence-electron chi connectivity index (χ1n) is 8.14. The Balaban J connectivity index is 2.40. The Labute approximate surface area is 146 Å². The molecule has 0 unspecified atom stereocenters. The number of phenolic OH excluding ortho intramolecular Hbond substituents is 2. The van der Waals surface area contributed by atoms with E-state index < -0.39 is 18.2 Å². The number of hydrogen-bond donors (Lipinski definition) is 4. The van der Waals surface area contributed by atoms with Crippen LogP contribution in [-0.4, -0.2) is 22.0 Å². The van der Waals surface area contributed by atoms with Gasteiger partial charge >= 0.3 is 0 Å². The Morgan fingerprint density at radius 1 is 1.08 bits per heavy atom. The second-order valence-corrected chi connectivity index (χ2v) is 5.83. The van der Waals surface area contributed by atoms with Crippen molar-refractivity contribution in [3.8, 4) is 22.6 Å². The van der Waals surface area contributed by atoms with Crippen LogP contribution in [0.25, 0.3) is 11.1 Å². The molecule has 0 atom stereocenters. The highest BCUT2D eigenvalue weighted by molar-refractivity contribution is 6.04. The number of carbonyl (C=O) groups is 2. The average Bonchev–Trinajstić information content (AvgIpc) is 2.55. The molecule has 132 valence electrons. The maximum Gasteiger partial charge on any atom is 0.233 e. The smallest absolute Gasteiger partial charge is 0.233 e. The molecule has 0 radical (unpaired) electrons. The summed E-state index contributed by atoms with van der Waals surface area (Å²) < 4.78 is 0. The number of hydrogen-bond acceptors (Lipinski definition) is 4. The summed E-state index contributed by atoms with van der Waals surface area (Å²) in [7, 11) is 0. The van der Waals surface area contributed by atoms with Gasteiger partial charge < -0.3 is 21.3 Å². The van der Waals surface area contributed by atoms with Gasteiger partial charge in [0, 0.05) is 5.56 Å². The van der Waals surface area contributed by atoms with Crippen molar-refractivity contribution in [2.45, 2.75) is 32.6 Å². The number of amides is 2. The minimum absolute atomic E-state index is 0.0168. The fourth-order valence-corrected chi connectivity index (χ4v) is 2.61. The van der Waals surface area contributed by atoms with Gasteiger partial charge in [0.1, 0.15) is 17.9 Å². The van der Waals surface area contributed by atoms with Gasteiger partial charge in [-0.25, -0.2) is 0 Å². The van der Waals surface area contributed by atoms with Crippen molar-refractivity contribution >= 4 is 17.5 Å². The highest BCUT2D eigenvalue weighted by Crippen LogP contribution is 2.37. The molecule has 0 aromatic heterocycles. The normalized spacial score (nSPS) is 10.4. The zero-order valence-corrected chi connectivity index (χ0v) is 14.1. The van der Waals surface area contributed by atoms with Crippen LogP contribution in [-0.2, 0) is 16.0 Å². The first-order valence-corrected chi connectivity index (χ1v) is 8.14. The van der Waals surface area contributed by atoms with Gasteiger partial charge in [-0.15, -0.1) is 0 Å². The Morgan fingerprint density at radius 3 is 2.36 bits per heavy atom. The second kappa shape index (κ2) is 8.19. The summed E-state index contributed by atoms with van der Waals surface area (Å²) in [5.41, 5.74) is 7.66. The van der Waals surface area contributed by atoms with Crippen molar-refractivity contribution in [3.05, 3.63) is 42.0 Å². The second-order valence-electron chi connectivity index (χ2n) is 5.83. The fraction of sp³-hybridized carbons (Fsp3) is 0.263. The minimum Gasteiger partial charge on any atom is -0.508 e. The highest BCUT2D eigenvalue weighted by atomic mass is 16.3. The number of carbonyl (C=O) groups excluding carboxylic acids is 2. The Hall–Kier alpha value is -3.02. The molecule has 6 heteroatoms. The van der Waals surface area contributed by atoms with E-state index in [0.717, 1.165) is 24.0 Å². The molecule has 0 saturated heterocycles. The maximum atomic E-state index is 11.7. The molecule has 0 aliphatic carbocycles. The summed E-state index contributed by atoms with van der Waals surface area (Å²) in [4.78, 5) is 22.6. The first kappa shape index (κ1) is 18.3. The van der Waals surface area contributed by atoms with Gasteiger partial charge in [-0.2, -0.15) is 0 Å². The summed E-state index contributed by atoms with van der Waals surface area (Å²) in [6.45, 7) is 2.05. The average molecular weight is 342 g/mol. The van der Waals surface area contributed by atoms with E-state index in [2.05, 4.69) is 12.2 Å². The number of aromatic hydroxyl groups is 2. The van der Waals surface area contributed by atoms with E-state index in [0.29, 0.717) is 12.0 Å². The molecular formula is C19H22N2O4. The van der Waals surface area contributed by atoms with E-state index >= 15 is 0 Å². The van der Waals surface area contributed by atoms with Crippen molar-refractivity contribution in [2.24, 2.45) is 5.73 Å². The summed E-state index contributed by atoms with van der Waals surface area (Å²) in [5.74, 6) is -1.15. The largest absolute Gasteiger partial charge is 0.508 e. The SMILES string of the molecule is CCCCc1c(-c2ccc(O)cc2)ccc(NC(=O)CC(N)=O)c1O. The van der Waals surface area contributed by atoms with Crippen LogP contribution in [0.3, 0.4) is 0 Å². The highest BCUT2D eigenvalue weighted by Gasteiger charge is 2.16. The third kappa shape index (κ3) is 4.73. The van der Waals surface area contributed by atoms with Crippen molar-refractivity contribution in [1.82, 2.24) is 0 Å². The quantitative estimate of drug-likeness (QED) is 0.458. The summed E-state index contributed by atoms with van der Waals surface area (Å²) in [6, 6.07) is 10.1. The maximum absolute atomic E-state index is 11.7. The number of primary amides is 1. The van der Waals surface area contributed by atoms with Gasteiger partial charge in [0.2, 0.25) is 11.8 Å². The summed E-state index contributed by atoms with van der Waals surface area (Å²) >= 11 is 0. The zero-order chi connectivity index (χ0) is 18.4. The van der Waals surface area contributed by atoms with Crippen LogP contribution in [0.1, 0.15) is 31.7 Å². The van der Waals surface area contributed by atoms with E-state index in [4.69, 9.17) is 5.73 Å². The molecule has 6 nitrogen and oxygen atoms in total. The number of nitrogens with one attached hydrogen (secondary N) is 1. The molecule has 2 aromatic rings. The van der Waals surface area contributed by atoms with Crippen molar-refractivity contribution < 1.29 is 19.8 Å². The van der Waals surface area contributed by atoms with Crippen molar-refractivity contribution in [1.29, 1.82) is 0 Å². The Morgan fingerprint density at radius 2 is 1.76 bits per heavy atom. The number of nitrogens with two attached hydrogens (primary N) is 1. The minimum atomic E-state index is -0.732. The molecule has 2 amide bonds. The molecule has 0 heterocycles. The van der Waals surface area contributed by atoms with Crippen molar-refractivity contribution in [2.75, 3.05) is 5.32 Å². The molecule has 0 fully saturated rings. The van der Waals surface area contributed by atoms with E-state index in [1.807, 2.05) is 0 Å². The fourth-order valence-electron chi connectivity index (χ4n) is 2.61. The van der Waals surface area contributed by atoms with Gasteiger partial charge in [-0.05, 0) is 42.2 Å². The molecule has 0 aliphatic rings. The van der Waals surface area contributed by atoms with E-state index in [-0.39, 0.29) is 17.2 Å². The third-order valence-corrected chi connectivity index (χ3v) is 3.85. The van der Waals surface area contributed by atoms with Crippen LogP contribution in [0.2, 0.25) is 0 Å². The molecule has 5 N–H and O–H groups in total. The molecule has 2 aromatic carbocycles. The predicted molar refractivity (Wildman–Crippen MR) is 96.3 cm³/mol. The van der Waals surface area contributed by atoms with Crippen LogP contribution in [0, 0.1) is 0 Å². The monoisotopic (exact) mass is 342 g/mol.